The number of hydrogen-bond donors (Lipinski definition) is 2. The van der Waals surface area contributed by atoms with E-state index in [1.807, 2.05) is 0 Å². The third kappa shape index (κ3) is 3.81. The summed E-state index contributed by atoms with van der Waals surface area (Å²) in [6.07, 6.45) is -3.59. The van der Waals surface area contributed by atoms with Crippen LogP contribution in [0.15, 0.2) is 23.0 Å². The number of hydrogen-bond acceptors (Lipinski definition) is 3. The molecule has 1 fully saturated rings. The minimum atomic E-state index is -4.61. The van der Waals surface area contributed by atoms with Crippen LogP contribution in [0.5, 0.6) is 0 Å². The summed E-state index contributed by atoms with van der Waals surface area (Å²) in [6.45, 7) is -0.183. The molecule has 1 heterocycles. The number of pyridine rings is 1. The van der Waals surface area contributed by atoms with Crippen LogP contribution in [0.25, 0.3) is 0 Å². The Hall–Kier alpha value is -1.34. The zero-order chi connectivity index (χ0) is 14.0. The van der Waals surface area contributed by atoms with Gasteiger partial charge in [0.1, 0.15) is 5.69 Å². The molecule has 0 saturated heterocycles. The fourth-order valence-electron chi connectivity index (χ4n) is 1.82. The van der Waals surface area contributed by atoms with Gasteiger partial charge < -0.3 is 15.0 Å². The topological polar surface area (TPSA) is 54.3 Å². The molecule has 0 aromatic carbocycles. The molecule has 1 atom stereocenters. The van der Waals surface area contributed by atoms with Gasteiger partial charge in [-0.3, -0.25) is 4.79 Å². The summed E-state index contributed by atoms with van der Waals surface area (Å²) >= 11 is 0. The first-order valence-electron chi connectivity index (χ1n) is 6.06. The van der Waals surface area contributed by atoms with E-state index in [2.05, 4.69) is 5.32 Å². The summed E-state index contributed by atoms with van der Waals surface area (Å²) in [4.78, 5) is 11.5. The van der Waals surface area contributed by atoms with Gasteiger partial charge in [-0.1, -0.05) is 6.07 Å². The second kappa shape index (κ2) is 5.34. The molecule has 7 heteroatoms. The fourth-order valence-corrected chi connectivity index (χ4v) is 1.82. The van der Waals surface area contributed by atoms with Gasteiger partial charge in [0, 0.05) is 18.7 Å². The summed E-state index contributed by atoms with van der Waals surface area (Å²) in [5, 5.41) is 12.7. The first-order chi connectivity index (χ1) is 8.88. The van der Waals surface area contributed by atoms with Crippen LogP contribution >= 0.6 is 0 Å². The summed E-state index contributed by atoms with van der Waals surface area (Å²) in [5.41, 5.74) is -1.80. The molecule has 4 nitrogen and oxygen atoms in total. The molecule has 19 heavy (non-hydrogen) atoms. The summed E-state index contributed by atoms with van der Waals surface area (Å²) in [5.74, 6) is 0. The van der Waals surface area contributed by atoms with E-state index in [0.717, 1.165) is 31.0 Å². The fraction of sp³-hybridized carbons (Fsp3) is 0.583. The molecule has 1 aliphatic rings. The molecule has 0 bridgehead atoms. The lowest BCUT2D eigenvalue weighted by atomic mass is 10.2. The molecule has 1 aromatic rings. The highest BCUT2D eigenvalue weighted by Gasteiger charge is 2.34. The van der Waals surface area contributed by atoms with Gasteiger partial charge in [-0.15, -0.1) is 0 Å². The van der Waals surface area contributed by atoms with Crippen LogP contribution < -0.4 is 10.9 Å². The maximum Gasteiger partial charge on any atom is 0.431 e. The molecule has 0 aliphatic heterocycles. The number of alkyl halides is 3. The molecule has 2 rings (SSSR count). The molecule has 1 aromatic heterocycles. The SMILES string of the molecule is O=c1cccc(C(F)(F)F)n1CC(O)CNC1CC1. The predicted octanol–water partition coefficient (Wildman–Crippen LogP) is 0.980. The third-order valence-corrected chi connectivity index (χ3v) is 2.95. The monoisotopic (exact) mass is 276 g/mol. The van der Waals surface area contributed by atoms with Gasteiger partial charge in [0.2, 0.25) is 0 Å². The lowest BCUT2D eigenvalue weighted by Gasteiger charge is -2.18. The van der Waals surface area contributed by atoms with Crippen molar-refractivity contribution < 1.29 is 18.3 Å². The van der Waals surface area contributed by atoms with Crippen molar-refractivity contribution in [2.75, 3.05) is 6.54 Å². The molecule has 1 aliphatic carbocycles. The van der Waals surface area contributed by atoms with Crippen molar-refractivity contribution in [2.45, 2.75) is 37.7 Å². The van der Waals surface area contributed by atoms with Crippen LogP contribution in [0.4, 0.5) is 13.2 Å². The van der Waals surface area contributed by atoms with Crippen molar-refractivity contribution in [3.63, 3.8) is 0 Å². The quantitative estimate of drug-likeness (QED) is 0.843. The molecule has 0 spiro atoms. The van der Waals surface area contributed by atoms with Crippen molar-refractivity contribution in [1.82, 2.24) is 9.88 Å². The molecule has 0 amide bonds. The average Bonchev–Trinajstić information content (AvgIpc) is 3.11. The van der Waals surface area contributed by atoms with Crippen LogP contribution in [0, 0.1) is 0 Å². The van der Waals surface area contributed by atoms with Gasteiger partial charge in [0.05, 0.1) is 12.6 Å². The highest BCUT2D eigenvalue weighted by Crippen LogP contribution is 2.28. The van der Waals surface area contributed by atoms with E-state index < -0.39 is 23.5 Å². The smallest absolute Gasteiger partial charge is 0.390 e. The average molecular weight is 276 g/mol. The van der Waals surface area contributed by atoms with E-state index in [1.54, 1.807) is 0 Å². The Labute approximate surface area is 107 Å². The first-order valence-corrected chi connectivity index (χ1v) is 6.06. The maximum absolute atomic E-state index is 12.7. The molecule has 2 N–H and O–H groups in total. The van der Waals surface area contributed by atoms with Gasteiger partial charge in [-0.25, -0.2) is 0 Å². The van der Waals surface area contributed by atoms with Gasteiger partial charge >= 0.3 is 6.18 Å². The first kappa shape index (κ1) is 14.1. The van der Waals surface area contributed by atoms with Crippen molar-refractivity contribution in [3.05, 3.63) is 34.2 Å². The largest absolute Gasteiger partial charge is 0.431 e. The minimum absolute atomic E-state index is 0.184. The van der Waals surface area contributed by atoms with Crippen molar-refractivity contribution in [3.8, 4) is 0 Å². The Bertz CT molecular complexity index is 494. The molecule has 106 valence electrons. The van der Waals surface area contributed by atoms with Crippen LogP contribution in [0.1, 0.15) is 18.5 Å². The number of nitrogens with zero attached hydrogens (tertiary/aromatic N) is 1. The van der Waals surface area contributed by atoms with Crippen molar-refractivity contribution in [2.24, 2.45) is 0 Å². The molecular weight excluding hydrogens is 261 g/mol. The Morgan fingerprint density at radius 3 is 2.68 bits per heavy atom. The van der Waals surface area contributed by atoms with Crippen LogP contribution in [0.2, 0.25) is 0 Å². The summed E-state index contributed by atoms with van der Waals surface area (Å²) < 4.78 is 38.8. The summed E-state index contributed by atoms with van der Waals surface area (Å²) in [7, 11) is 0. The number of halogens is 3. The van der Waals surface area contributed by atoms with Gasteiger partial charge in [-0.2, -0.15) is 13.2 Å². The van der Waals surface area contributed by atoms with E-state index in [-0.39, 0.29) is 13.1 Å². The maximum atomic E-state index is 12.7. The Morgan fingerprint density at radius 1 is 1.42 bits per heavy atom. The van der Waals surface area contributed by atoms with E-state index in [4.69, 9.17) is 0 Å². The second-order valence-corrected chi connectivity index (χ2v) is 4.69. The van der Waals surface area contributed by atoms with E-state index in [0.29, 0.717) is 10.6 Å². The highest BCUT2D eigenvalue weighted by molar-refractivity contribution is 5.10. The lowest BCUT2D eigenvalue weighted by molar-refractivity contribution is -0.144. The van der Waals surface area contributed by atoms with Gasteiger partial charge in [0.15, 0.2) is 0 Å². The molecule has 0 radical (unpaired) electrons. The Balaban J connectivity index is 2.11. The number of nitrogens with one attached hydrogen (secondary N) is 1. The van der Waals surface area contributed by atoms with E-state index in [9.17, 15) is 23.1 Å². The van der Waals surface area contributed by atoms with Crippen LogP contribution in [0.3, 0.4) is 0 Å². The van der Waals surface area contributed by atoms with Crippen molar-refractivity contribution >= 4 is 0 Å². The summed E-state index contributed by atoms with van der Waals surface area (Å²) in [6, 6.07) is 3.30. The second-order valence-electron chi connectivity index (χ2n) is 4.69. The standard InChI is InChI=1S/C12H15F3N2O2/c13-12(14,15)10-2-1-3-11(19)17(10)7-9(18)6-16-8-4-5-8/h1-3,8-9,16,18H,4-7H2. The van der Waals surface area contributed by atoms with Gasteiger partial charge in [0.25, 0.3) is 5.56 Å². The Kier molecular flexibility index (Phi) is 3.96. The molecular formula is C12H15F3N2O2. The van der Waals surface area contributed by atoms with E-state index in [1.165, 1.54) is 0 Å². The molecule has 1 saturated carbocycles. The van der Waals surface area contributed by atoms with Gasteiger partial charge in [-0.05, 0) is 18.9 Å². The number of rotatable bonds is 5. The normalized spacial score (nSPS) is 17.5. The number of aliphatic hydroxyl groups is 1. The molecule has 1 unspecified atom stereocenters. The van der Waals surface area contributed by atoms with Crippen molar-refractivity contribution in [1.29, 1.82) is 0 Å². The lowest BCUT2D eigenvalue weighted by Crippen LogP contribution is -2.37. The Morgan fingerprint density at radius 2 is 2.11 bits per heavy atom. The third-order valence-electron chi connectivity index (χ3n) is 2.95. The van der Waals surface area contributed by atoms with Crippen LogP contribution in [-0.2, 0) is 12.7 Å². The van der Waals surface area contributed by atoms with Crippen LogP contribution in [-0.4, -0.2) is 28.4 Å². The zero-order valence-corrected chi connectivity index (χ0v) is 10.2. The zero-order valence-electron chi connectivity index (χ0n) is 10.2. The number of aromatic nitrogens is 1. The van der Waals surface area contributed by atoms with E-state index >= 15 is 0 Å². The highest BCUT2D eigenvalue weighted by atomic mass is 19.4. The predicted molar refractivity (Wildman–Crippen MR) is 62.7 cm³/mol. The minimum Gasteiger partial charge on any atom is -0.390 e. The number of aliphatic hydroxyl groups excluding tert-OH is 1.